The number of aliphatic hydroxyl groups is 1. The number of aliphatic hydroxyl groups excluding tert-OH is 1. The quantitative estimate of drug-likeness (QED) is 0.457. The maximum absolute atomic E-state index is 8.34. The molecule has 11 heavy (non-hydrogen) atoms. The van der Waals surface area contributed by atoms with Crippen LogP contribution < -0.4 is 0 Å². The first-order chi connectivity index (χ1) is 5.41. The number of ether oxygens (including phenoxy) is 1. The Morgan fingerprint density at radius 2 is 2.18 bits per heavy atom. The Balaban J connectivity index is 2.91. The molecule has 0 aromatic carbocycles. The van der Waals surface area contributed by atoms with Crippen LogP contribution in [0.1, 0.15) is 12.8 Å². The molecule has 3 heteroatoms. The molecule has 0 amide bonds. The van der Waals surface area contributed by atoms with Crippen molar-refractivity contribution in [2.75, 3.05) is 19.8 Å². The monoisotopic (exact) mass is 155 g/mol. The molecule has 1 N–H and O–H groups in total. The highest BCUT2D eigenvalue weighted by atomic mass is 16.5. The van der Waals surface area contributed by atoms with Gasteiger partial charge in [0.25, 0.3) is 0 Å². The third-order valence-corrected chi connectivity index (χ3v) is 1.06. The highest BCUT2D eigenvalue weighted by molar-refractivity contribution is 4.80. The minimum Gasteiger partial charge on any atom is -0.392 e. The molecular formula is C8H13NO2. The maximum atomic E-state index is 8.34. The van der Waals surface area contributed by atoms with Crippen LogP contribution in [0.15, 0.2) is 12.2 Å². The molecule has 0 saturated heterocycles. The Kier molecular flexibility index (Phi) is 8.44. The van der Waals surface area contributed by atoms with Gasteiger partial charge in [0.1, 0.15) is 0 Å². The molecule has 0 heterocycles. The fraction of sp³-hybridized carbons (Fsp3) is 0.625. The standard InChI is InChI=1S/C8H13NO2/c9-5-4-8-11-7-3-1-2-6-10/h1-2,10H,3-4,6-8H2. The highest BCUT2D eigenvalue weighted by Gasteiger charge is 1.83. The van der Waals surface area contributed by atoms with E-state index in [4.69, 9.17) is 15.1 Å². The van der Waals surface area contributed by atoms with Crippen molar-refractivity contribution >= 4 is 0 Å². The second kappa shape index (κ2) is 9.15. The van der Waals surface area contributed by atoms with Gasteiger partial charge in [-0.05, 0) is 6.42 Å². The molecule has 0 atom stereocenters. The Morgan fingerprint density at radius 1 is 1.36 bits per heavy atom. The Hall–Kier alpha value is -0.850. The molecular weight excluding hydrogens is 142 g/mol. The van der Waals surface area contributed by atoms with E-state index in [0.717, 1.165) is 6.42 Å². The van der Waals surface area contributed by atoms with E-state index in [-0.39, 0.29) is 6.61 Å². The fourth-order valence-corrected chi connectivity index (χ4v) is 0.564. The molecule has 62 valence electrons. The maximum Gasteiger partial charge on any atom is 0.0645 e. The lowest BCUT2D eigenvalue weighted by atomic mass is 10.4. The van der Waals surface area contributed by atoms with E-state index >= 15 is 0 Å². The third-order valence-electron chi connectivity index (χ3n) is 1.06. The average molecular weight is 155 g/mol. The molecule has 0 aromatic heterocycles. The molecule has 0 radical (unpaired) electrons. The summed E-state index contributed by atoms with van der Waals surface area (Å²) in [5, 5.41) is 16.5. The van der Waals surface area contributed by atoms with Crippen LogP contribution in [0, 0.1) is 11.3 Å². The smallest absolute Gasteiger partial charge is 0.0645 e. The van der Waals surface area contributed by atoms with Gasteiger partial charge >= 0.3 is 0 Å². The molecule has 0 aliphatic heterocycles. The number of rotatable bonds is 6. The fourth-order valence-electron chi connectivity index (χ4n) is 0.564. The van der Waals surface area contributed by atoms with Crippen LogP contribution in [0.2, 0.25) is 0 Å². The van der Waals surface area contributed by atoms with E-state index in [1.807, 2.05) is 12.1 Å². The molecule has 0 rings (SSSR count). The lowest BCUT2D eigenvalue weighted by Gasteiger charge is -1.96. The van der Waals surface area contributed by atoms with Crippen LogP contribution in [0.5, 0.6) is 0 Å². The van der Waals surface area contributed by atoms with Gasteiger partial charge in [-0.15, -0.1) is 0 Å². The van der Waals surface area contributed by atoms with Gasteiger partial charge in [-0.1, -0.05) is 12.2 Å². The predicted octanol–water partition coefficient (Wildman–Crippen LogP) is 0.855. The molecule has 0 unspecified atom stereocenters. The lowest BCUT2D eigenvalue weighted by Crippen LogP contribution is -1.94. The zero-order valence-electron chi connectivity index (χ0n) is 6.49. The van der Waals surface area contributed by atoms with Crippen LogP contribution >= 0.6 is 0 Å². The Labute approximate surface area is 66.9 Å². The second-order valence-electron chi connectivity index (χ2n) is 1.96. The summed E-state index contributed by atoms with van der Waals surface area (Å²) >= 11 is 0. The van der Waals surface area contributed by atoms with Crippen molar-refractivity contribution in [3.05, 3.63) is 12.2 Å². The topological polar surface area (TPSA) is 53.2 Å². The number of hydrogen-bond donors (Lipinski definition) is 1. The van der Waals surface area contributed by atoms with Crippen LogP contribution in [-0.4, -0.2) is 24.9 Å². The van der Waals surface area contributed by atoms with Crippen molar-refractivity contribution in [1.29, 1.82) is 5.26 Å². The first-order valence-corrected chi connectivity index (χ1v) is 3.62. The van der Waals surface area contributed by atoms with Crippen molar-refractivity contribution in [2.45, 2.75) is 12.8 Å². The van der Waals surface area contributed by atoms with E-state index in [1.54, 1.807) is 6.08 Å². The van der Waals surface area contributed by atoms with Crippen LogP contribution in [0.25, 0.3) is 0 Å². The van der Waals surface area contributed by atoms with Gasteiger partial charge in [0.2, 0.25) is 0 Å². The van der Waals surface area contributed by atoms with Crippen LogP contribution in [-0.2, 0) is 4.74 Å². The van der Waals surface area contributed by atoms with Crippen molar-refractivity contribution in [3.63, 3.8) is 0 Å². The zero-order valence-corrected chi connectivity index (χ0v) is 6.49. The van der Waals surface area contributed by atoms with Gasteiger partial charge in [-0.25, -0.2) is 0 Å². The largest absolute Gasteiger partial charge is 0.392 e. The van der Waals surface area contributed by atoms with Gasteiger partial charge in [0.05, 0.1) is 32.3 Å². The van der Waals surface area contributed by atoms with Gasteiger partial charge in [0, 0.05) is 0 Å². The van der Waals surface area contributed by atoms with Gasteiger partial charge in [-0.3, -0.25) is 0 Å². The first-order valence-electron chi connectivity index (χ1n) is 3.62. The second-order valence-corrected chi connectivity index (χ2v) is 1.96. The number of nitriles is 1. The summed E-state index contributed by atoms with van der Waals surface area (Å²) in [7, 11) is 0. The van der Waals surface area contributed by atoms with Crippen molar-refractivity contribution in [3.8, 4) is 6.07 Å². The lowest BCUT2D eigenvalue weighted by molar-refractivity contribution is 0.144. The zero-order chi connectivity index (χ0) is 8.36. The highest BCUT2D eigenvalue weighted by Crippen LogP contribution is 1.86. The van der Waals surface area contributed by atoms with E-state index < -0.39 is 0 Å². The summed E-state index contributed by atoms with van der Waals surface area (Å²) in [5.41, 5.74) is 0. The molecule has 0 aliphatic rings. The molecule has 3 nitrogen and oxygen atoms in total. The molecule has 0 fully saturated rings. The SMILES string of the molecule is N#CCCOCCC=CCO. The summed E-state index contributed by atoms with van der Waals surface area (Å²) < 4.78 is 5.07. The van der Waals surface area contributed by atoms with Gasteiger partial charge in [-0.2, -0.15) is 5.26 Å². The van der Waals surface area contributed by atoms with E-state index in [1.165, 1.54) is 0 Å². The Bertz CT molecular complexity index is 138. The summed E-state index contributed by atoms with van der Waals surface area (Å²) in [6, 6.07) is 1.99. The molecule has 0 spiro atoms. The van der Waals surface area contributed by atoms with Gasteiger partial charge < -0.3 is 9.84 Å². The third kappa shape index (κ3) is 9.15. The van der Waals surface area contributed by atoms with Crippen molar-refractivity contribution < 1.29 is 9.84 Å². The normalized spacial score (nSPS) is 10.2. The first kappa shape index (κ1) is 10.2. The van der Waals surface area contributed by atoms with E-state index in [0.29, 0.717) is 19.6 Å². The summed E-state index contributed by atoms with van der Waals surface area (Å²) in [4.78, 5) is 0. The van der Waals surface area contributed by atoms with E-state index in [9.17, 15) is 0 Å². The summed E-state index contributed by atoms with van der Waals surface area (Å²) in [6.07, 6.45) is 4.77. The number of nitrogens with zero attached hydrogens (tertiary/aromatic N) is 1. The van der Waals surface area contributed by atoms with Crippen LogP contribution in [0.3, 0.4) is 0 Å². The molecule has 0 aromatic rings. The average Bonchev–Trinajstić information content (AvgIpc) is 2.03. The van der Waals surface area contributed by atoms with Crippen molar-refractivity contribution in [1.82, 2.24) is 0 Å². The molecule has 0 aliphatic carbocycles. The number of hydrogen-bond acceptors (Lipinski definition) is 3. The predicted molar refractivity (Wildman–Crippen MR) is 41.9 cm³/mol. The van der Waals surface area contributed by atoms with Crippen LogP contribution in [0.4, 0.5) is 0 Å². The van der Waals surface area contributed by atoms with Gasteiger partial charge in [0.15, 0.2) is 0 Å². The minimum atomic E-state index is 0.0815. The summed E-state index contributed by atoms with van der Waals surface area (Å²) in [6.45, 7) is 1.21. The minimum absolute atomic E-state index is 0.0815. The van der Waals surface area contributed by atoms with E-state index in [2.05, 4.69) is 0 Å². The van der Waals surface area contributed by atoms with Crippen molar-refractivity contribution in [2.24, 2.45) is 0 Å². The summed E-state index contributed by atoms with van der Waals surface area (Å²) in [5.74, 6) is 0. The Morgan fingerprint density at radius 3 is 2.82 bits per heavy atom. The molecule has 0 saturated carbocycles. The molecule has 0 bridgehead atoms.